The average molecular weight is 595 g/mol. The Kier molecular flexibility index (Phi) is 7.41. The lowest BCUT2D eigenvalue weighted by Crippen LogP contribution is -2.81. The van der Waals surface area contributed by atoms with Crippen molar-refractivity contribution in [2.24, 2.45) is 16.7 Å². The number of rotatable bonds is 5. The number of benzene rings is 2. The number of ether oxygens (including phenoxy) is 3. The first-order valence-corrected chi connectivity index (χ1v) is 15.0. The summed E-state index contributed by atoms with van der Waals surface area (Å²) in [6.45, 7) is 6.90. The van der Waals surface area contributed by atoms with Gasteiger partial charge in [0.15, 0.2) is 0 Å². The second kappa shape index (κ2) is 10.5. The Labute approximate surface area is 251 Å². The number of carbonyl (C=O) groups excluding carboxylic acids is 1. The third-order valence-corrected chi connectivity index (χ3v) is 11.1. The Morgan fingerprint density at radius 3 is 2.21 bits per heavy atom. The maximum Gasteiger partial charge on any atom is 0.338 e. The van der Waals surface area contributed by atoms with Crippen LogP contribution in [-0.4, -0.2) is 85.9 Å². The van der Waals surface area contributed by atoms with Crippen LogP contribution in [0.25, 0.3) is 0 Å². The smallest absolute Gasteiger partial charge is 0.338 e. The number of aliphatic hydroxyl groups is 5. The van der Waals surface area contributed by atoms with Gasteiger partial charge in [-0.15, -0.1) is 0 Å². The molecule has 2 bridgehead atoms. The molecular weight excluding hydrogens is 552 g/mol. The van der Waals surface area contributed by atoms with Crippen LogP contribution in [0.3, 0.4) is 0 Å². The van der Waals surface area contributed by atoms with E-state index < -0.39 is 70.5 Å². The van der Waals surface area contributed by atoms with Crippen molar-refractivity contribution in [3.05, 3.63) is 82.9 Å². The Balaban J connectivity index is 1.55. The molecule has 232 valence electrons. The van der Waals surface area contributed by atoms with Crippen molar-refractivity contribution in [2.75, 3.05) is 6.61 Å². The van der Waals surface area contributed by atoms with Crippen molar-refractivity contribution in [2.45, 2.75) is 95.0 Å². The van der Waals surface area contributed by atoms with Gasteiger partial charge in [-0.1, -0.05) is 69.3 Å². The lowest BCUT2D eigenvalue weighted by Gasteiger charge is -2.68. The Morgan fingerprint density at radius 2 is 1.60 bits per heavy atom. The van der Waals surface area contributed by atoms with Crippen LogP contribution in [0, 0.1) is 16.7 Å². The predicted octanol–water partition coefficient (Wildman–Crippen LogP) is 2.53. The molecule has 10 atom stereocenters. The maximum absolute atomic E-state index is 13.7. The minimum atomic E-state index is -1.96. The number of fused-ring (bicyclic) bond motifs is 5. The summed E-state index contributed by atoms with van der Waals surface area (Å²) in [5.74, 6) is -1.87. The average Bonchev–Trinajstić information content (AvgIpc) is 2.98. The third-order valence-electron chi connectivity index (χ3n) is 11.1. The largest absolute Gasteiger partial charge is 0.455 e. The van der Waals surface area contributed by atoms with Gasteiger partial charge in [-0.2, -0.15) is 0 Å². The summed E-state index contributed by atoms with van der Waals surface area (Å²) in [5, 5.41) is 60.5. The summed E-state index contributed by atoms with van der Waals surface area (Å²) in [6, 6.07) is 17.9. The molecule has 2 saturated carbocycles. The van der Waals surface area contributed by atoms with Crippen molar-refractivity contribution >= 4 is 5.97 Å². The maximum atomic E-state index is 13.7. The first-order chi connectivity index (χ1) is 20.3. The summed E-state index contributed by atoms with van der Waals surface area (Å²) in [7, 11) is 0. The molecular formula is C34H42O9. The highest BCUT2D eigenvalue weighted by atomic mass is 16.6. The van der Waals surface area contributed by atoms with Crippen molar-refractivity contribution in [1.29, 1.82) is 0 Å². The molecule has 1 aliphatic heterocycles. The molecule has 0 spiro atoms. The van der Waals surface area contributed by atoms with E-state index in [4.69, 9.17) is 14.2 Å². The molecule has 3 fully saturated rings. The summed E-state index contributed by atoms with van der Waals surface area (Å²) in [6.07, 6.45) is -7.17. The molecule has 2 aromatic carbocycles. The van der Waals surface area contributed by atoms with Crippen LogP contribution in [0.1, 0.15) is 56.5 Å². The van der Waals surface area contributed by atoms with Gasteiger partial charge < -0.3 is 39.7 Å². The van der Waals surface area contributed by atoms with E-state index in [1.54, 1.807) is 58.0 Å². The number of carbonyl (C=O) groups is 1. The van der Waals surface area contributed by atoms with E-state index in [0.717, 1.165) is 5.56 Å². The lowest BCUT2D eigenvalue weighted by molar-refractivity contribution is -0.367. The van der Waals surface area contributed by atoms with Gasteiger partial charge in [0.1, 0.15) is 23.4 Å². The Hall–Kier alpha value is -2.63. The van der Waals surface area contributed by atoms with E-state index in [1.165, 1.54) is 0 Å². The molecule has 5 N–H and O–H groups in total. The van der Waals surface area contributed by atoms with E-state index in [2.05, 4.69) is 0 Å². The fourth-order valence-corrected chi connectivity index (χ4v) is 8.48. The summed E-state index contributed by atoms with van der Waals surface area (Å²) >= 11 is 0. The zero-order valence-corrected chi connectivity index (χ0v) is 25.0. The van der Waals surface area contributed by atoms with E-state index >= 15 is 0 Å². The molecule has 1 heterocycles. The molecule has 0 amide bonds. The van der Waals surface area contributed by atoms with Crippen LogP contribution in [0.5, 0.6) is 0 Å². The molecule has 2 aromatic rings. The van der Waals surface area contributed by atoms with E-state index in [1.807, 2.05) is 30.3 Å². The molecule has 6 rings (SSSR count). The Bertz CT molecular complexity index is 1390. The van der Waals surface area contributed by atoms with E-state index in [9.17, 15) is 30.3 Å². The molecule has 9 heteroatoms. The highest BCUT2D eigenvalue weighted by Gasteiger charge is 2.76. The molecule has 9 nitrogen and oxygen atoms in total. The van der Waals surface area contributed by atoms with Gasteiger partial charge in [-0.05, 0) is 35.8 Å². The van der Waals surface area contributed by atoms with Crippen molar-refractivity contribution in [3.8, 4) is 0 Å². The van der Waals surface area contributed by atoms with Crippen LogP contribution in [0.4, 0.5) is 0 Å². The molecule has 4 aliphatic rings. The van der Waals surface area contributed by atoms with E-state index in [-0.39, 0.29) is 37.2 Å². The van der Waals surface area contributed by atoms with Crippen molar-refractivity contribution in [3.63, 3.8) is 0 Å². The van der Waals surface area contributed by atoms with Gasteiger partial charge in [0, 0.05) is 29.6 Å². The van der Waals surface area contributed by atoms with Crippen LogP contribution in [0.2, 0.25) is 0 Å². The first-order valence-electron chi connectivity index (χ1n) is 15.0. The van der Waals surface area contributed by atoms with Gasteiger partial charge in [0.2, 0.25) is 0 Å². The molecule has 9 unspecified atom stereocenters. The van der Waals surface area contributed by atoms with Crippen LogP contribution < -0.4 is 0 Å². The van der Waals surface area contributed by atoms with Crippen LogP contribution >= 0.6 is 0 Å². The summed E-state index contributed by atoms with van der Waals surface area (Å²) in [4.78, 5) is 13.7. The molecule has 43 heavy (non-hydrogen) atoms. The number of aliphatic hydroxyl groups excluding tert-OH is 3. The first kappa shape index (κ1) is 30.4. The minimum Gasteiger partial charge on any atom is -0.455 e. The zero-order valence-electron chi connectivity index (χ0n) is 25.0. The normalized spacial score (nSPS) is 41.7. The highest BCUT2D eigenvalue weighted by molar-refractivity contribution is 5.89. The summed E-state index contributed by atoms with van der Waals surface area (Å²) in [5.41, 5.74) is -4.46. The SMILES string of the molecule is CC1=C2C(O)C(O)[C@]3(C)C(OCc4ccccc4)CC4OCC4(O)C3C(OC(=O)c3ccccc3)C(O)(CC1O)C2(C)C. The monoisotopic (exact) mass is 594 g/mol. The molecule has 1 saturated heterocycles. The predicted molar refractivity (Wildman–Crippen MR) is 156 cm³/mol. The number of hydrogen-bond acceptors (Lipinski definition) is 9. The van der Waals surface area contributed by atoms with Gasteiger partial charge in [0.05, 0.1) is 43.2 Å². The summed E-state index contributed by atoms with van der Waals surface area (Å²) < 4.78 is 18.6. The minimum absolute atomic E-state index is 0.119. The fourth-order valence-electron chi connectivity index (χ4n) is 8.48. The zero-order chi connectivity index (χ0) is 30.9. The number of esters is 1. The Morgan fingerprint density at radius 1 is 0.977 bits per heavy atom. The number of hydrogen-bond donors (Lipinski definition) is 5. The van der Waals surface area contributed by atoms with Gasteiger partial charge >= 0.3 is 5.97 Å². The standard InChI is InChI=1S/C34H42O9/c1-19-22(35)16-34(40)29(43-30(38)21-13-9-6-10-14-21)27-32(4,28(37)26(36)25(19)31(34,2)3)23(15-24-33(27,39)18-42-24)41-17-20-11-7-5-8-12-20/h5-14,22-24,26-29,35-37,39-40H,15-18H2,1-4H3/t22?,23?,24?,26?,27?,28?,29?,32-,33?,34?/m1/s1. The highest BCUT2D eigenvalue weighted by Crippen LogP contribution is 2.64. The third kappa shape index (κ3) is 4.35. The van der Waals surface area contributed by atoms with Gasteiger partial charge in [0.25, 0.3) is 0 Å². The molecule has 0 aromatic heterocycles. The van der Waals surface area contributed by atoms with Crippen molar-refractivity contribution in [1.82, 2.24) is 0 Å². The van der Waals surface area contributed by atoms with Crippen molar-refractivity contribution < 1.29 is 44.5 Å². The van der Waals surface area contributed by atoms with Gasteiger partial charge in [-0.25, -0.2) is 4.79 Å². The fraction of sp³-hybridized carbons (Fsp3) is 0.559. The second-order valence-corrected chi connectivity index (χ2v) is 13.6. The quantitative estimate of drug-likeness (QED) is 0.260. The van der Waals surface area contributed by atoms with E-state index in [0.29, 0.717) is 5.57 Å². The molecule has 0 radical (unpaired) electrons. The molecule has 3 aliphatic carbocycles. The topological polar surface area (TPSA) is 146 Å². The van der Waals surface area contributed by atoms with Crippen LogP contribution in [-0.2, 0) is 20.8 Å². The van der Waals surface area contributed by atoms with Crippen LogP contribution in [0.15, 0.2) is 71.8 Å². The second-order valence-electron chi connectivity index (χ2n) is 13.6. The van der Waals surface area contributed by atoms with Gasteiger partial charge in [-0.3, -0.25) is 0 Å². The lowest BCUT2D eigenvalue weighted by atomic mass is 9.44.